The Kier molecular flexibility index (Phi) is 7.67. The first kappa shape index (κ1) is 20.1. The number of pyridine rings is 1. The minimum atomic E-state index is 0.0477. The Hall–Kier alpha value is -2.60. The molecule has 150 valence electrons. The molecule has 0 saturated heterocycles. The number of nitrogens with zero attached hydrogens (tertiary/aromatic N) is 2. The predicted molar refractivity (Wildman–Crippen MR) is 108 cm³/mol. The van der Waals surface area contributed by atoms with Crippen molar-refractivity contribution in [3.8, 4) is 11.5 Å². The second-order valence-corrected chi connectivity index (χ2v) is 6.94. The molecule has 1 N–H and O–H groups in total. The number of amides is 1. The molecular weight excluding hydrogens is 354 g/mol. The van der Waals surface area contributed by atoms with Gasteiger partial charge in [-0.1, -0.05) is 18.2 Å². The van der Waals surface area contributed by atoms with E-state index in [1.54, 1.807) is 6.20 Å². The number of hydrogen-bond acceptors (Lipinski definition) is 5. The van der Waals surface area contributed by atoms with E-state index in [2.05, 4.69) is 15.2 Å². The van der Waals surface area contributed by atoms with Crippen LogP contribution in [-0.2, 0) is 17.9 Å². The van der Waals surface area contributed by atoms with Gasteiger partial charge in [-0.15, -0.1) is 0 Å². The summed E-state index contributed by atoms with van der Waals surface area (Å²) in [4.78, 5) is 18.8. The third-order valence-corrected chi connectivity index (χ3v) is 4.64. The number of hydrogen-bond donors (Lipinski definition) is 1. The highest BCUT2D eigenvalue weighted by Gasteiger charge is 2.18. The molecule has 2 heterocycles. The first-order chi connectivity index (χ1) is 13.8. The lowest BCUT2D eigenvalue weighted by molar-refractivity contribution is -0.122. The first-order valence-electron chi connectivity index (χ1n) is 10.0. The lowest BCUT2D eigenvalue weighted by Crippen LogP contribution is -2.37. The number of carbonyl (C=O) groups is 1. The van der Waals surface area contributed by atoms with Crippen LogP contribution in [0.3, 0.4) is 0 Å². The van der Waals surface area contributed by atoms with Gasteiger partial charge in [0.2, 0.25) is 5.91 Å². The third-order valence-electron chi connectivity index (χ3n) is 4.64. The summed E-state index contributed by atoms with van der Waals surface area (Å²) in [5, 5.41) is 3.03. The molecule has 3 rings (SSSR count). The molecule has 0 atom stereocenters. The molecule has 1 aromatic carbocycles. The van der Waals surface area contributed by atoms with Crippen molar-refractivity contribution in [1.29, 1.82) is 0 Å². The fourth-order valence-corrected chi connectivity index (χ4v) is 3.34. The summed E-state index contributed by atoms with van der Waals surface area (Å²) < 4.78 is 11.9. The molecule has 0 spiro atoms. The first-order valence-corrected chi connectivity index (χ1v) is 10.0. The predicted octanol–water partition coefficient (Wildman–Crippen LogP) is 3.16. The zero-order valence-corrected chi connectivity index (χ0v) is 16.5. The molecule has 2 aromatic rings. The highest BCUT2D eigenvalue weighted by atomic mass is 16.5. The molecule has 0 bridgehead atoms. The fourth-order valence-electron chi connectivity index (χ4n) is 3.34. The third kappa shape index (κ3) is 5.96. The van der Waals surface area contributed by atoms with Crippen LogP contribution in [0.25, 0.3) is 0 Å². The quantitative estimate of drug-likeness (QED) is 0.879. The van der Waals surface area contributed by atoms with Gasteiger partial charge >= 0.3 is 0 Å². The fraction of sp³-hybridized carbons (Fsp3) is 0.455. The smallest absolute Gasteiger partial charge is 0.234 e. The number of para-hydroxylation sites is 1. The summed E-state index contributed by atoms with van der Waals surface area (Å²) in [6.07, 6.45) is 6.53. The zero-order valence-electron chi connectivity index (χ0n) is 16.5. The Morgan fingerprint density at radius 2 is 2.11 bits per heavy atom. The van der Waals surface area contributed by atoms with Crippen molar-refractivity contribution in [2.45, 2.75) is 39.3 Å². The maximum absolute atomic E-state index is 12.4. The van der Waals surface area contributed by atoms with Crippen molar-refractivity contribution < 1.29 is 14.3 Å². The number of aromatic nitrogens is 1. The van der Waals surface area contributed by atoms with Crippen LogP contribution < -0.4 is 14.8 Å². The van der Waals surface area contributed by atoms with Crippen LogP contribution in [-0.4, -0.2) is 42.1 Å². The Morgan fingerprint density at radius 3 is 2.93 bits per heavy atom. The molecule has 0 radical (unpaired) electrons. The minimum absolute atomic E-state index is 0.0477. The van der Waals surface area contributed by atoms with Crippen LogP contribution in [0.2, 0.25) is 0 Å². The average molecular weight is 383 g/mol. The molecule has 6 nitrogen and oxygen atoms in total. The van der Waals surface area contributed by atoms with Gasteiger partial charge in [0.25, 0.3) is 0 Å². The summed E-state index contributed by atoms with van der Waals surface area (Å²) in [6, 6.07) is 9.91. The van der Waals surface area contributed by atoms with Crippen LogP contribution in [0.15, 0.2) is 42.7 Å². The van der Waals surface area contributed by atoms with Crippen molar-refractivity contribution in [3.63, 3.8) is 0 Å². The zero-order chi connectivity index (χ0) is 19.6. The van der Waals surface area contributed by atoms with Crippen LogP contribution in [0.1, 0.15) is 37.3 Å². The van der Waals surface area contributed by atoms with Gasteiger partial charge in [-0.3, -0.25) is 14.7 Å². The van der Waals surface area contributed by atoms with Gasteiger partial charge in [-0.05, 0) is 43.9 Å². The molecule has 28 heavy (non-hydrogen) atoms. The molecule has 1 aliphatic heterocycles. The number of benzene rings is 1. The lowest BCUT2D eigenvalue weighted by Gasteiger charge is -2.24. The van der Waals surface area contributed by atoms with Gasteiger partial charge in [-0.2, -0.15) is 0 Å². The Bertz CT molecular complexity index is 752. The number of ether oxygens (including phenoxy) is 2. The summed E-state index contributed by atoms with van der Waals surface area (Å²) >= 11 is 0. The van der Waals surface area contributed by atoms with E-state index in [0.717, 1.165) is 41.9 Å². The van der Waals surface area contributed by atoms with Crippen LogP contribution >= 0.6 is 0 Å². The molecule has 6 heteroatoms. The van der Waals surface area contributed by atoms with E-state index in [-0.39, 0.29) is 5.91 Å². The SMILES string of the molecule is CCOc1cccc2c1OCCCCCNC(=O)CN(Cc1cccnc1)C2. The van der Waals surface area contributed by atoms with Gasteiger partial charge in [0.05, 0.1) is 19.8 Å². The van der Waals surface area contributed by atoms with Crippen molar-refractivity contribution in [3.05, 3.63) is 53.9 Å². The molecule has 0 saturated carbocycles. The van der Waals surface area contributed by atoms with Crippen LogP contribution in [0.5, 0.6) is 11.5 Å². The number of rotatable bonds is 4. The van der Waals surface area contributed by atoms with Crippen molar-refractivity contribution in [1.82, 2.24) is 15.2 Å². The second-order valence-electron chi connectivity index (χ2n) is 6.94. The molecule has 1 aliphatic rings. The van der Waals surface area contributed by atoms with Crippen molar-refractivity contribution >= 4 is 5.91 Å². The Morgan fingerprint density at radius 1 is 1.18 bits per heavy atom. The van der Waals surface area contributed by atoms with Gasteiger partial charge < -0.3 is 14.8 Å². The van der Waals surface area contributed by atoms with E-state index in [9.17, 15) is 4.79 Å². The molecule has 1 amide bonds. The molecule has 1 aromatic heterocycles. The number of carbonyl (C=O) groups excluding carboxylic acids is 1. The van der Waals surface area contributed by atoms with Gasteiger partial charge in [-0.25, -0.2) is 0 Å². The highest BCUT2D eigenvalue weighted by molar-refractivity contribution is 5.78. The average Bonchev–Trinajstić information content (AvgIpc) is 2.70. The van der Waals surface area contributed by atoms with E-state index in [1.807, 2.05) is 43.5 Å². The topological polar surface area (TPSA) is 63.7 Å². The molecular formula is C22H29N3O3. The number of fused-ring (bicyclic) bond motifs is 1. The number of nitrogens with one attached hydrogen (secondary N) is 1. The lowest BCUT2D eigenvalue weighted by atomic mass is 10.1. The monoisotopic (exact) mass is 383 g/mol. The van der Waals surface area contributed by atoms with E-state index >= 15 is 0 Å². The molecule has 0 unspecified atom stereocenters. The van der Waals surface area contributed by atoms with Crippen LogP contribution in [0, 0.1) is 0 Å². The van der Waals surface area contributed by atoms with Gasteiger partial charge in [0.15, 0.2) is 11.5 Å². The maximum Gasteiger partial charge on any atom is 0.234 e. The Balaban J connectivity index is 1.87. The minimum Gasteiger partial charge on any atom is -0.490 e. The van der Waals surface area contributed by atoms with Crippen molar-refractivity contribution in [2.24, 2.45) is 0 Å². The Labute approximate surface area is 166 Å². The summed E-state index contributed by atoms with van der Waals surface area (Å²) in [6.45, 7) is 5.47. The maximum atomic E-state index is 12.4. The molecule has 0 aliphatic carbocycles. The second kappa shape index (κ2) is 10.7. The van der Waals surface area contributed by atoms with Gasteiger partial charge in [0, 0.05) is 37.6 Å². The van der Waals surface area contributed by atoms with E-state index < -0.39 is 0 Å². The van der Waals surface area contributed by atoms with E-state index in [4.69, 9.17) is 9.47 Å². The molecule has 0 fully saturated rings. The summed E-state index contributed by atoms with van der Waals surface area (Å²) in [5.41, 5.74) is 2.10. The normalized spacial score (nSPS) is 16.5. The largest absolute Gasteiger partial charge is 0.490 e. The van der Waals surface area contributed by atoms with E-state index in [0.29, 0.717) is 39.4 Å². The van der Waals surface area contributed by atoms with Crippen LogP contribution in [0.4, 0.5) is 0 Å². The highest BCUT2D eigenvalue weighted by Crippen LogP contribution is 2.33. The van der Waals surface area contributed by atoms with Crippen molar-refractivity contribution in [2.75, 3.05) is 26.3 Å². The standard InChI is InChI=1S/C22H29N3O3/c1-2-27-20-10-6-9-19-16-25(15-18-8-7-11-23-14-18)17-21(26)24-12-4-3-5-13-28-22(19)20/h6-11,14H,2-5,12-13,15-17H2,1H3,(H,24,26). The summed E-state index contributed by atoms with van der Waals surface area (Å²) in [5.74, 6) is 1.60. The van der Waals surface area contributed by atoms with Gasteiger partial charge in [0.1, 0.15) is 0 Å². The summed E-state index contributed by atoms with van der Waals surface area (Å²) in [7, 11) is 0. The van der Waals surface area contributed by atoms with E-state index in [1.165, 1.54) is 0 Å².